The Labute approximate surface area is 141 Å². The van der Waals surface area contributed by atoms with E-state index in [0.717, 1.165) is 14.9 Å². The van der Waals surface area contributed by atoms with E-state index in [4.69, 9.17) is 17.3 Å². The van der Waals surface area contributed by atoms with E-state index < -0.39 is 0 Å². The fourth-order valence-corrected chi connectivity index (χ4v) is 3.21. The topological polar surface area (TPSA) is 55.1 Å². The molecular formula is C15H14BrClN2OS. The minimum absolute atomic E-state index is 0.0562. The highest BCUT2D eigenvalue weighted by atomic mass is 79.9. The number of carbonyl (C=O) groups is 1. The highest BCUT2D eigenvalue weighted by Crippen LogP contribution is 2.28. The monoisotopic (exact) mass is 384 g/mol. The summed E-state index contributed by atoms with van der Waals surface area (Å²) in [5, 5.41) is 3.50. The standard InChI is InChI=1S/C15H14BrClN2OS/c16-11-5-6-13(18)14(7-11)21-9-15(20)19-8-10-3-1-2-4-12(10)17/h1-7H,8-9,18H2,(H,19,20). The number of halogens is 2. The first kappa shape index (κ1) is 16.2. The van der Waals surface area contributed by atoms with Crippen LogP contribution < -0.4 is 11.1 Å². The van der Waals surface area contributed by atoms with Gasteiger partial charge in [-0.1, -0.05) is 45.7 Å². The number of hydrogen-bond acceptors (Lipinski definition) is 3. The smallest absolute Gasteiger partial charge is 0.230 e. The SMILES string of the molecule is Nc1ccc(Br)cc1SCC(=O)NCc1ccccc1Cl. The minimum atomic E-state index is -0.0562. The highest BCUT2D eigenvalue weighted by Gasteiger charge is 2.07. The second-order valence-corrected chi connectivity index (χ2v) is 6.68. The van der Waals surface area contributed by atoms with Crippen molar-refractivity contribution < 1.29 is 4.79 Å². The van der Waals surface area contributed by atoms with Crippen LogP contribution in [-0.2, 0) is 11.3 Å². The Kier molecular flexibility index (Phi) is 5.96. The van der Waals surface area contributed by atoms with Gasteiger partial charge in [-0.25, -0.2) is 0 Å². The van der Waals surface area contributed by atoms with Gasteiger partial charge in [0.15, 0.2) is 0 Å². The van der Waals surface area contributed by atoms with Gasteiger partial charge in [-0.15, -0.1) is 11.8 Å². The number of thioether (sulfide) groups is 1. The molecule has 3 N–H and O–H groups in total. The predicted molar refractivity (Wildman–Crippen MR) is 92.6 cm³/mol. The summed E-state index contributed by atoms with van der Waals surface area (Å²) in [5.74, 6) is 0.254. The lowest BCUT2D eigenvalue weighted by Gasteiger charge is -2.08. The zero-order valence-corrected chi connectivity index (χ0v) is 14.3. The van der Waals surface area contributed by atoms with Gasteiger partial charge in [0.25, 0.3) is 0 Å². The number of benzene rings is 2. The predicted octanol–water partition coefficient (Wildman–Crippen LogP) is 4.09. The first-order valence-electron chi connectivity index (χ1n) is 6.24. The van der Waals surface area contributed by atoms with Crippen molar-refractivity contribution in [3.8, 4) is 0 Å². The molecule has 0 radical (unpaired) electrons. The molecule has 0 aliphatic heterocycles. The molecule has 0 heterocycles. The Balaban J connectivity index is 1.85. The molecule has 0 aliphatic carbocycles. The number of nitrogen functional groups attached to an aromatic ring is 1. The number of carbonyl (C=O) groups excluding carboxylic acids is 1. The summed E-state index contributed by atoms with van der Waals surface area (Å²) in [7, 11) is 0. The lowest BCUT2D eigenvalue weighted by Crippen LogP contribution is -2.24. The normalized spacial score (nSPS) is 10.4. The summed E-state index contributed by atoms with van der Waals surface area (Å²) in [6.45, 7) is 0.424. The van der Waals surface area contributed by atoms with Crippen molar-refractivity contribution in [1.29, 1.82) is 0 Å². The van der Waals surface area contributed by atoms with E-state index in [1.807, 2.05) is 36.4 Å². The lowest BCUT2D eigenvalue weighted by atomic mass is 10.2. The van der Waals surface area contributed by atoms with E-state index >= 15 is 0 Å². The summed E-state index contributed by atoms with van der Waals surface area (Å²) in [5.41, 5.74) is 7.44. The molecule has 0 aromatic heterocycles. The first-order valence-corrected chi connectivity index (χ1v) is 8.40. The van der Waals surface area contributed by atoms with Crippen LogP contribution in [0, 0.1) is 0 Å². The number of amides is 1. The molecule has 1 amide bonds. The zero-order chi connectivity index (χ0) is 15.2. The Morgan fingerprint density at radius 1 is 1.29 bits per heavy atom. The van der Waals surface area contributed by atoms with Gasteiger partial charge in [-0.2, -0.15) is 0 Å². The highest BCUT2D eigenvalue weighted by molar-refractivity contribution is 9.10. The van der Waals surface area contributed by atoms with Crippen LogP contribution in [0.15, 0.2) is 51.8 Å². The summed E-state index contributed by atoms with van der Waals surface area (Å²) in [6, 6.07) is 13.0. The molecule has 2 rings (SSSR count). The Hall–Kier alpha value is -1.17. The molecule has 0 fully saturated rings. The minimum Gasteiger partial charge on any atom is -0.398 e. The van der Waals surface area contributed by atoms with Crippen LogP contribution in [0.25, 0.3) is 0 Å². The fraction of sp³-hybridized carbons (Fsp3) is 0.133. The van der Waals surface area contributed by atoms with Gasteiger partial charge in [0.05, 0.1) is 5.75 Å². The number of nitrogens with two attached hydrogens (primary N) is 1. The summed E-state index contributed by atoms with van der Waals surface area (Å²) < 4.78 is 0.940. The van der Waals surface area contributed by atoms with Crippen LogP contribution in [0.2, 0.25) is 5.02 Å². The Morgan fingerprint density at radius 2 is 2.05 bits per heavy atom. The largest absolute Gasteiger partial charge is 0.398 e. The number of nitrogens with one attached hydrogen (secondary N) is 1. The molecule has 0 atom stereocenters. The molecule has 2 aromatic rings. The molecule has 110 valence electrons. The molecule has 0 saturated heterocycles. The van der Waals surface area contributed by atoms with E-state index in [1.54, 1.807) is 6.07 Å². The van der Waals surface area contributed by atoms with E-state index in [2.05, 4.69) is 21.2 Å². The Morgan fingerprint density at radius 3 is 2.81 bits per heavy atom. The molecular weight excluding hydrogens is 372 g/mol. The van der Waals surface area contributed by atoms with Crippen molar-refractivity contribution in [2.24, 2.45) is 0 Å². The molecule has 0 saturated carbocycles. The third-order valence-electron chi connectivity index (χ3n) is 2.77. The van der Waals surface area contributed by atoms with Crippen LogP contribution >= 0.6 is 39.3 Å². The quantitative estimate of drug-likeness (QED) is 0.602. The van der Waals surface area contributed by atoms with Crippen molar-refractivity contribution in [3.05, 3.63) is 57.5 Å². The molecule has 21 heavy (non-hydrogen) atoms. The van der Waals surface area contributed by atoms with Gasteiger partial charge >= 0.3 is 0 Å². The molecule has 0 spiro atoms. The average Bonchev–Trinajstić information content (AvgIpc) is 2.47. The fourth-order valence-electron chi connectivity index (χ4n) is 1.66. The van der Waals surface area contributed by atoms with Gasteiger partial charge in [0.1, 0.15) is 0 Å². The first-order chi connectivity index (χ1) is 10.1. The van der Waals surface area contributed by atoms with Crippen molar-refractivity contribution in [2.75, 3.05) is 11.5 Å². The third kappa shape index (κ3) is 4.95. The molecule has 3 nitrogen and oxygen atoms in total. The maximum atomic E-state index is 11.9. The van der Waals surface area contributed by atoms with Crippen LogP contribution in [-0.4, -0.2) is 11.7 Å². The van der Waals surface area contributed by atoms with Crippen molar-refractivity contribution >= 4 is 50.9 Å². The van der Waals surface area contributed by atoms with Crippen molar-refractivity contribution in [3.63, 3.8) is 0 Å². The molecule has 2 aromatic carbocycles. The van der Waals surface area contributed by atoms with Gasteiger partial charge in [-0.05, 0) is 29.8 Å². The maximum Gasteiger partial charge on any atom is 0.230 e. The number of rotatable bonds is 5. The van der Waals surface area contributed by atoms with E-state index in [-0.39, 0.29) is 5.91 Å². The molecule has 0 aliphatic rings. The van der Waals surface area contributed by atoms with E-state index in [0.29, 0.717) is 23.0 Å². The number of anilines is 1. The third-order valence-corrected chi connectivity index (χ3v) is 4.70. The average molecular weight is 386 g/mol. The summed E-state index contributed by atoms with van der Waals surface area (Å²) in [4.78, 5) is 12.8. The van der Waals surface area contributed by atoms with Crippen molar-refractivity contribution in [1.82, 2.24) is 5.32 Å². The van der Waals surface area contributed by atoms with Gasteiger partial charge in [-0.3, -0.25) is 4.79 Å². The lowest BCUT2D eigenvalue weighted by molar-refractivity contribution is -0.118. The van der Waals surface area contributed by atoms with Gasteiger partial charge in [0.2, 0.25) is 5.91 Å². The molecule has 6 heteroatoms. The summed E-state index contributed by atoms with van der Waals surface area (Å²) >= 11 is 10.8. The van der Waals surface area contributed by atoms with Crippen LogP contribution in [0.3, 0.4) is 0 Å². The number of hydrogen-bond donors (Lipinski definition) is 2. The molecule has 0 bridgehead atoms. The zero-order valence-electron chi connectivity index (χ0n) is 11.1. The van der Waals surface area contributed by atoms with E-state index in [1.165, 1.54) is 11.8 Å². The van der Waals surface area contributed by atoms with Gasteiger partial charge in [0, 0.05) is 26.6 Å². The molecule has 0 unspecified atom stereocenters. The Bertz CT molecular complexity index is 651. The van der Waals surface area contributed by atoms with Crippen molar-refractivity contribution in [2.45, 2.75) is 11.4 Å². The second kappa shape index (κ2) is 7.73. The van der Waals surface area contributed by atoms with E-state index in [9.17, 15) is 4.79 Å². The maximum absolute atomic E-state index is 11.9. The second-order valence-electron chi connectivity index (χ2n) is 4.34. The summed E-state index contributed by atoms with van der Waals surface area (Å²) in [6.07, 6.45) is 0. The van der Waals surface area contributed by atoms with Crippen LogP contribution in [0.4, 0.5) is 5.69 Å². The van der Waals surface area contributed by atoms with Crippen LogP contribution in [0.5, 0.6) is 0 Å². The van der Waals surface area contributed by atoms with Crippen LogP contribution in [0.1, 0.15) is 5.56 Å². The van der Waals surface area contributed by atoms with Gasteiger partial charge < -0.3 is 11.1 Å².